The minimum Gasteiger partial charge on any atom is -0.456 e. The molecular formula is C43H29N3O. The summed E-state index contributed by atoms with van der Waals surface area (Å²) < 4.78 is 8.85. The first-order valence-corrected chi connectivity index (χ1v) is 16.1. The van der Waals surface area contributed by atoms with Crippen molar-refractivity contribution in [2.24, 2.45) is 0 Å². The highest BCUT2D eigenvalue weighted by molar-refractivity contribution is 6.25. The van der Waals surface area contributed by atoms with Gasteiger partial charge in [-0.15, -0.1) is 0 Å². The summed E-state index contributed by atoms with van der Waals surface area (Å²) in [7, 11) is 0. The summed E-state index contributed by atoms with van der Waals surface area (Å²) in [6.07, 6.45) is 0. The molecule has 0 amide bonds. The Bertz CT molecular complexity index is 2640. The van der Waals surface area contributed by atoms with Gasteiger partial charge in [-0.05, 0) is 53.6 Å². The molecule has 1 aliphatic heterocycles. The number of benzene rings is 6. The second-order valence-corrected chi connectivity index (χ2v) is 13.0. The number of hydrogen-bond acceptors (Lipinski definition) is 3. The van der Waals surface area contributed by atoms with Gasteiger partial charge in [0.15, 0.2) is 5.82 Å². The molecule has 47 heavy (non-hydrogen) atoms. The third-order valence-corrected chi connectivity index (χ3v) is 10.00. The maximum atomic E-state index is 6.38. The van der Waals surface area contributed by atoms with Crippen molar-refractivity contribution in [3.8, 4) is 39.6 Å². The van der Waals surface area contributed by atoms with Crippen molar-refractivity contribution < 1.29 is 4.42 Å². The Morgan fingerprint density at radius 3 is 1.91 bits per heavy atom. The molecule has 0 saturated heterocycles. The van der Waals surface area contributed by atoms with Crippen LogP contribution in [0.5, 0.6) is 0 Å². The zero-order valence-corrected chi connectivity index (χ0v) is 26.0. The molecule has 10 rings (SSSR count). The molecule has 6 aromatic carbocycles. The molecule has 0 fully saturated rings. The Kier molecular flexibility index (Phi) is 5.31. The van der Waals surface area contributed by atoms with Crippen molar-refractivity contribution in [2.45, 2.75) is 19.3 Å². The molecule has 9 aromatic rings. The Labute approximate surface area is 271 Å². The lowest BCUT2D eigenvalue weighted by atomic mass is 9.74. The second-order valence-electron chi connectivity index (χ2n) is 13.0. The first-order valence-electron chi connectivity index (χ1n) is 16.1. The molecular weight excluding hydrogens is 574 g/mol. The van der Waals surface area contributed by atoms with Crippen LogP contribution < -0.4 is 0 Å². The monoisotopic (exact) mass is 603 g/mol. The van der Waals surface area contributed by atoms with E-state index in [4.69, 9.17) is 14.4 Å². The summed E-state index contributed by atoms with van der Waals surface area (Å²) in [4.78, 5) is 10.3. The van der Waals surface area contributed by atoms with Gasteiger partial charge in [-0.25, -0.2) is 9.97 Å². The highest BCUT2D eigenvalue weighted by Crippen LogP contribution is 2.50. The molecule has 0 bridgehead atoms. The normalized spacial score (nSPS) is 13.5. The van der Waals surface area contributed by atoms with Crippen LogP contribution in [0.4, 0.5) is 0 Å². The Hall–Kier alpha value is -6.00. The van der Waals surface area contributed by atoms with E-state index in [2.05, 4.69) is 140 Å². The minimum atomic E-state index is -0.258. The lowest BCUT2D eigenvalue weighted by Crippen LogP contribution is -2.26. The van der Waals surface area contributed by atoms with Gasteiger partial charge in [-0.3, -0.25) is 0 Å². The van der Waals surface area contributed by atoms with Crippen LogP contribution in [0.2, 0.25) is 0 Å². The number of hydrogen-bond donors (Lipinski definition) is 0. The Morgan fingerprint density at radius 2 is 1.17 bits per heavy atom. The molecule has 4 nitrogen and oxygen atoms in total. The largest absolute Gasteiger partial charge is 0.456 e. The van der Waals surface area contributed by atoms with Crippen molar-refractivity contribution in [1.29, 1.82) is 0 Å². The van der Waals surface area contributed by atoms with Gasteiger partial charge in [0.25, 0.3) is 0 Å². The Balaban J connectivity index is 1.26. The van der Waals surface area contributed by atoms with E-state index in [1.165, 1.54) is 38.6 Å². The van der Waals surface area contributed by atoms with Crippen molar-refractivity contribution in [3.63, 3.8) is 0 Å². The van der Waals surface area contributed by atoms with Crippen molar-refractivity contribution >= 4 is 43.7 Å². The van der Waals surface area contributed by atoms with Crippen LogP contribution in [0.3, 0.4) is 0 Å². The van der Waals surface area contributed by atoms with Crippen LogP contribution in [-0.2, 0) is 5.41 Å². The van der Waals surface area contributed by atoms with Crippen molar-refractivity contribution in [3.05, 3.63) is 151 Å². The highest BCUT2D eigenvalue weighted by atomic mass is 16.3. The molecule has 0 atom stereocenters. The van der Waals surface area contributed by atoms with Gasteiger partial charge in [0, 0.05) is 38.3 Å². The van der Waals surface area contributed by atoms with Gasteiger partial charge in [0.05, 0.1) is 33.5 Å². The van der Waals surface area contributed by atoms with Crippen LogP contribution in [0, 0.1) is 0 Å². The molecule has 1 aliphatic rings. The highest BCUT2D eigenvalue weighted by Gasteiger charge is 2.36. The number of furan rings is 1. The van der Waals surface area contributed by atoms with Crippen LogP contribution in [0.1, 0.15) is 25.0 Å². The molecule has 222 valence electrons. The molecule has 0 unspecified atom stereocenters. The molecule has 0 radical (unpaired) electrons. The molecule has 0 aliphatic carbocycles. The summed E-state index contributed by atoms with van der Waals surface area (Å²) in [5, 5.41) is 4.79. The van der Waals surface area contributed by atoms with Gasteiger partial charge in [-0.1, -0.05) is 111 Å². The van der Waals surface area contributed by atoms with Crippen molar-refractivity contribution in [1.82, 2.24) is 14.5 Å². The molecule has 0 saturated carbocycles. The summed E-state index contributed by atoms with van der Waals surface area (Å²) >= 11 is 0. The molecule has 3 aromatic heterocycles. The first kappa shape index (κ1) is 26.2. The fourth-order valence-electron chi connectivity index (χ4n) is 7.71. The van der Waals surface area contributed by atoms with E-state index < -0.39 is 0 Å². The summed E-state index contributed by atoms with van der Waals surface area (Å²) in [5.74, 6) is 0.716. The summed E-state index contributed by atoms with van der Waals surface area (Å²) in [6, 6.07) is 49.1. The first-order chi connectivity index (χ1) is 23.1. The summed E-state index contributed by atoms with van der Waals surface area (Å²) in [5.41, 5.74) is 12.7. The average molecular weight is 604 g/mol. The van der Waals surface area contributed by atoms with Gasteiger partial charge in [-0.2, -0.15) is 0 Å². The van der Waals surface area contributed by atoms with Crippen LogP contribution in [-0.4, -0.2) is 14.5 Å². The van der Waals surface area contributed by atoms with E-state index >= 15 is 0 Å². The van der Waals surface area contributed by atoms with Crippen LogP contribution in [0.15, 0.2) is 144 Å². The predicted octanol–water partition coefficient (Wildman–Crippen LogP) is 11.1. The zero-order chi connectivity index (χ0) is 31.3. The molecule has 0 N–H and O–H groups in total. The number of rotatable bonds is 3. The van der Waals surface area contributed by atoms with Crippen LogP contribution in [0.25, 0.3) is 83.3 Å². The fraction of sp³-hybridized carbons (Fsp3) is 0.0698. The van der Waals surface area contributed by atoms with Gasteiger partial charge in [0.2, 0.25) is 0 Å². The minimum absolute atomic E-state index is 0.258. The fourth-order valence-corrected chi connectivity index (χ4v) is 7.71. The zero-order valence-electron chi connectivity index (χ0n) is 26.0. The van der Waals surface area contributed by atoms with E-state index in [9.17, 15) is 0 Å². The topological polar surface area (TPSA) is 43.9 Å². The van der Waals surface area contributed by atoms with Gasteiger partial charge in [0.1, 0.15) is 11.2 Å². The smallest absolute Gasteiger partial charge is 0.160 e. The Morgan fingerprint density at radius 1 is 0.511 bits per heavy atom. The molecule has 0 spiro atoms. The van der Waals surface area contributed by atoms with Crippen molar-refractivity contribution in [2.75, 3.05) is 0 Å². The lowest BCUT2D eigenvalue weighted by molar-refractivity contribution is 0.630. The van der Waals surface area contributed by atoms with E-state index in [0.29, 0.717) is 5.82 Å². The maximum absolute atomic E-state index is 6.38. The number of aromatic nitrogens is 3. The number of para-hydroxylation sites is 2. The third-order valence-electron chi connectivity index (χ3n) is 10.00. The second kappa shape index (κ2) is 9.51. The number of fused-ring (bicyclic) bond motifs is 9. The SMILES string of the molecule is CC1(C)c2cc(-c3nc(-c4ccccc4)cc(-c4ccccc4)n3)ccc2-n2c3c1cccc3c1ccc3oc4ccccc4c3c12. The average Bonchev–Trinajstić information content (AvgIpc) is 3.67. The number of nitrogens with zero attached hydrogens (tertiary/aromatic N) is 3. The maximum Gasteiger partial charge on any atom is 0.160 e. The van der Waals surface area contributed by atoms with Gasteiger partial charge >= 0.3 is 0 Å². The van der Waals surface area contributed by atoms with E-state index in [-0.39, 0.29) is 5.41 Å². The molecule has 4 heterocycles. The van der Waals surface area contributed by atoms with E-state index in [1.807, 2.05) is 18.2 Å². The van der Waals surface area contributed by atoms with E-state index in [0.717, 1.165) is 50.0 Å². The van der Waals surface area contributed by atoms with E-state index in [1.54, 1.807) is 0 Å². The third kappa shape index (κ3) is 3.70. The quantitative estimate of drug-likeness (QED) is 0.202. The summed E-state index contributed by atoms with van der Waals surface area (Å²) in [6.45, 7) is 4.68. The molecule has 4 heteroatoms. The van der Waals surface area contributed by atoms with Gasteiger partial charge < -0.3 is 8.98 Å². The van der Waals surface area contributed by atoms with Crippen LogP contribution >= 0.6 is 0 Å². The lowest BCUT2D eigenvalue weighted by Gasteiger charge is -2.35. The standard InChI is InChI=1S/C43H29N3O/c1-43(2)32-18-11-17-29-30-21-23-38-39(31-16-9-10-19-37(31)47-38)41(30)46(40(29)32)36-22-20-28(24-33(36)43)42-44-34(26-12-5-3-6-13-26)25-35(45-42)27-14-7-4-8-15-27/h3-25H,1-2H3. The predicted molar refractivity (Wildman–Crippen MR) is 192 cm³/mol.